The minimum absolute atomic E-state index is 0.154. The smallest absolute Gasteiger partial charge is 0.339 e. The van der Waals surface area contributed by atoms with Crippen LogP contribution in [0, 0.1) is 6.92 Å². The number of nitrogens with one attached hydrogen (secondary N) is 1. The van der Waals surface area contributed by atoms with Crippen LogP contribution in [-0.4, -0.2) is 31.9 Å². The van der Waals surface area contributed by atoms with Crippen molar-refractivity contribution in [1.82, 2.24) is 0 Å². The first-order valence-corrected chi connectivity index (χ1v) is 8.04. The summed E-state index contributed by atoms with van der Waals surface area (Å²) in [5.41, 5.74) is 1.74. The van der Waals surface area contributed by atoms with Crippen molar-refractivity contribution >= 4 is 17.6 Å². The molecule has 0 radical (unpaired) electrons. The highest BCUT2D eigenvalue weighted by Gasteiger charge is 2.21. The molecule has 7 heteroatoms. The molecule has 2 aromatic carbocycles. The molecular formula is C19H19NO6. The van der Waals surface area contributed by atoms with Crippen molar-refractivity contribution in [3.05, 3.63) is 47.5 Å². The minimum atomic E-state index is -0.972. The van der Waals surface area contributed by atoms with Gasteiger partial charge in [-0.2, -0.15) is 0 Å². The van der Waals surface area contributed by atoms with E-state index < -0.39 is 18.0 Å². The number of ether oxygens (including phenoxy) is 4. The van der Waals surface area contributed by atoms with Crippen molar-refractivity contribution in [1.29, 1.82) is 0 Å². The zero-order valence-electron chi connectivity index (χ0n) is 14.7. The fourth-order valence-corrected chi connectivity index (χ4v) is 2.45. The molecule has 1 heterocycles. The summed E-state index contributed by atoms with van der Waals surface area (Å²) in [5, 5.41) is 2.68. The number of hydrogen-bond acceptors (Lipinski definition) is 6. The number of rotatable bonds is 5. The highest BCUT2D eigenvalue weighted by molar-refractivity contribution is 5.97. The fourth-order valence-electron chi connectivity index (χ4n) is 2.45. The van der Waals surface area contributed by atoms with E-state index in [4.69, 9.17) is 18.9 Å². The van der Waals surface area contributed by atoms with E-state index in [2.05, 4.69) is 5.32 Å². The van der Waals surface area contributed by atoms with Crippen molar-refractivity contribution in [2.45, 2.75) is 20.0 Å². The second kappa shape index (κ2) is 7.35. The van der Waals surface area contributed by atoms with Gasteiger partial charge in [0, 0.05) is 11.8 Å². The fraction of sp³-hybridized carbons (Fsp3) is 0.263. The second-order valence-corrected chi connectivity index (χ2v) is 5.79. The topological polar surface area (TPSA) is 83.1 Å². The van der Waals surface area contributed by atoms with Crippen LogP contribution in [0.15, 0.2) is 36.4 Å². The van der Waals surface area contributed by atoms with Crippen LogP contribution in [0.5, 0.6) is 17.2 Å². The maximum Gasteiger partial charge on any atom is 0.339 e. The molecule has 26 heavy (non-hydrogen) atoms. The third kappa shape index (κ3) is 3.72. The van der Waals surface area contributed by atoms with Gasteiger partial charge >= 0.3 is 5.97 Å². The number of benzene rings is 2. The van der Waals surface area contributed by atoms with Crippen LogP contribution in [0.4, 0.5) is 5.69 Å². The van der Waals surface area contributed by atoms with E-state index in [-0.39, 0.29) is 6.79 Å². The Kier molecular flexibility index (Phi) is 4.97. The normalized spacial score (nSPS) is 13.0. The summed E-state index contributed by atoms with van der Waals surface area (Å²) in [4.78, 5) is 24.5. The van der Waals surface area contributed by atoms with Gasteiger partial charge in [-0.25, -0.2) is 4.79 Å². The molecule has 0 bridgehead atoms. The standard InChI is InChI=1S/C19H19NO6/c1-11-4-5-13(8-16(11)23-3)19(22)26-12(2)18(21)20-14-6-7-15-17(9-14)25-10-24-15/h4-9,12H,10H2,1-3H3,(H,20,21)/t12-/m1/s1. The molecule has 0 spiro atoms. The summed E-state index contributed by atoms with van der Waals surface area (Å²) in [6, 6.07) is 10.0. The lowest BCUT2D eigenvalue weighted by molar-refractivity contribution is -0.123. The van der Waals surface area contributed by atoms with Crippen LogP contribution in [0.3, 0.4) is 0 Å². The molecule has 0 aliphatic carbocycles. The number of anilines is 1. The van der Waals surface area contributed by atoms with Crippen molar-refractivity contribution < 1.29 is 28.5 Å². The molecule has 3 rings (SSSR count). The number of methoxy groups -OCH3 is 1. The van der Waals surface area contributed by atoms with E-state index >= 15 is 0 Å². The largest absolute Gasteiger partial charge is 0.496 e. The number of aryl methyl sites for hydroxylation is 1. The number of carbonyl (C=O) groups excluding carboxylic acids is 2. The summed E-state index contributed by atoms with van der Waals surface area (Å²) in [6.45, 7) is 3.53. The molecule has 2 aromatic rings. The number of carbonyl (C=O) groups is 2. The third-order valence-corrected chi connectivity index (χ3v) is 3.94. The lowest BCUT2D eigenvalue weighted by atomic mass is 10.1. The van der Waals surface area contributed by atoms with E-state index in [1.54, 1.807) is 36.4 Å². The molecule has 0 aromatic heterocycles. The second-order valence-electron chi connectivity index (χ2n) is 5.79. The summed E-state index contributed by atoms with van der Waals surface area (Å²) >= 11 is 0. The van der Waals surface area contributed by atoms with Crippen LogP contribution in [-0.2, 0) is 9.53 Å². The zero-order valence-corrected chi connectivity index (χ0v) is 14.7. The molecule has 0 unspecified atom stereocenters. The van der Waals surface area contributed by atoms with Crippen LogP contribution >= 0.6 is 0 Å². The van der Waals surface area contributed by atoms with Gasteiger partial charge in [0.05, 0.1) is 12.7 Å². The molecule has 0 saturated heterocycles. The minimum Gasteiger partial charge on any atom is -0.496 e. The highest BCUT2D eigenvalue weighted by atomic mass is 16.7. The van der Waals surface area contributed by atoms with Crippen LogP contribution in [0.1, 0.15) is 22.8 Å². The predicted octanol–water partition coefficient (Wildman–Crippen LogP) is 2.92. The summed E-state index contributed by atoms with van der Waals surface area (Å²) in [5.74, 6) is 0.708. The monoisotopic (exact) mass is 357 g/mol. The Labute approximate surface area is 150 Å². The Morgan fingerprint density at radius 1 is 1.12 bits per heavy atom. The first-order chi connectivity index (χ1) is 12.5. The van der Waals surface area contributed by atoms with Crippen molar-refractivity contribution in [2.75, 3.05) is 19.2 Å². The molecule has 1 aliphatic rings. The Morgan fingerprint density at radius 3 is 2.65 bits per heavy atom. The van der Waals surface area contributed by atoms with Crippen molar-refractivity contribution in [3.8, 4) is 17.2 Å². The molecule has 1 atom stereocenters. The zero-order chi connectivity index (χ0) is 18.7. The first kappa shape index (κ1) is 17.6. The van der Waals surface area contributed by atoms with Gasteiger partial charge in [-0.05, 0) is 43.7 Å². The summed E-state index contributed by atoms with van der Waals surface area (Å²) in [7, 11) is 1.53. The van der Waals surface area contributed by atoms with Gasteiger partial charge in [-0.3, -0.25) is 4.79 Å². The number of hydrogen-bond donors (Lipinski definition) is 1. The average molecular weight is 357 g/mol. The average Bonchev–Trinajstić information content (AvgIpc) is 3.09. The lowest BCUT2D eigenvalue weighted by Crippen LogP contribution is -2.30. The third-order valence-electron chi connectivity index (χ3n) is 3.94. The van der Waals surface area contributed by atoms with Crippen LogP contribution < -0.4 is 19.5 Å². The Balaban J connectivity index is 1.62. The maximum atomic E-state index is 12.3. The highest BCUT2D eigenvalue weighted by Crippen LogP contribution is 2.34. The molecule has 0 fully saturated rings. The maximum absolute atomic E-state index is 12.3. The molecule has 0 saturated carbocycles. The number of fused-ring (bicyclic) bond motifs is 1. The quantitative estimate of drug-likeness (QED) is 0.829. The first-order valence-electron chi connectivity index (χ1n) is 8.04. The number of esters is 1. The van der Waals surface area contributed by atoms with Gasteiger partial charge in [-0.1, -0.05) is 6.07 Å². The van der Waals surface area contributed by atoms with E-state index in [0.29, 0.717) is 28.5 Å². The Morgan fingerprint density at radius 2 is 1.88 bits per heavy atom. The number of amides is 1. The van der Waals surface area contributed by atoms with Crippen molar-refractivity contribution in [3.63, 3.8) is 0 Å². The van der Waals surface area contributed by atoms with Gasteiger partial charge in [0.2, 0.25) is 6.79 Å². The van der Waals surface area contributed by atoms with Gasteiger partial charge in [0.25, 0.3) is 5.91 Å². The van der Waals surface area contributed by atoms with Gasteiger partial charge in [0.15, 0.2) is 17.6 Å². The van der Waals surface area contributed by atoms with Gasteiger partial charge < -0.3 is 24.3 Å². The molecular weight excluding hydrogens is 338 g/mol. The van der Waals surface area contributed by atoms with E-state index in [0.717, 1.165) is 5.56 Å². The molecule has 1 aliphatic heterocycles. The molecule has 1 amide bonds. The van der Waals surface area contributed by atoms with E-state index in [1.807, 2.05) is 6.92 Å². The Hall–Kier alpha value is -3.22. The van der Waals surface area contributed by atoms with Crippen LogP contribution in [0.25, 0.3) is 0 Å². The summed E-state index contributed by atoms with van der Waals surface area (Å²) < 4.78 is 20.9. The predicted molar refractivity (Wildman–Crippen MR) is 93.8 cm³/mol. The van der Waals surface area contributed by atoms with Gasteiger partial charge in [-0.15, -0.1) is 0 Å². The SMILES string of the molecule is COc1cc(C(=O)O[C@H](C)C(=O)Nc2ccc3c(c2)OCO3)ccc1C. The van der Waals surface area contributed by atoms with Crippen molar-refractivity contribution in [2.24, 2.45) is 0 Å². The van der Waals surface area contributed by atoms with E-state index in [1.165, 1.54) is 14.0 Å². The van der Waals surface area contributed by atoms with Crippen LogP contribution in [0.2, 0.25) is 0 Å². The lowest BCUT2D eigenvalue weighted by Gasteiger charge is -2.14. The molecule has 136 valence electrons. The van der Waals surface area contributed by atoms with E-state index in [9.17, 15) is 9.59 Å². The van der Waals surface area contributed by atoms with Gasteiger partial charge in [0.1, 0.15) is 5.75 Å². The Bertz CT molecular complexity index is 848. The molecule has 1 N–H and O–H groups in total. The summed E-state index contributed by atoms with van der Waals surface area (Å²) in [6.07, 6.45) is -0.972. The molecule has 7 nitrogen and oxygen atoms in total.